The SMILES string of the molecule is Cc1nc(-c2ccsc2)sc1C(=O)NCCN1C(=O)S/C(=C\c2ccc(F)cc2)C1=O. The molecule has 1 N–H and O–H groups in total. The lowest BCUT2D eigenvalue weighted by Gasteiger charge is -2.12. The molecule has 1 aliphatic rings. The fourth-order valence-electron chi connectivity index (χ4n) is 2.88. The first kappa shape index (κ1) is 21.4. The second kappa shape index (κ2) is 9.13. The number of amides is 3. The number of rotatable bonds is 6. The molecule has 3 amide bonds. The molecule has 0 spiro atoms. The van der Waals surface area contributed by atoms with E-state index in [2.05, 4.69) is 10.3 Å². The first-order valence-electron chi connectivity index (χ1n) is 9.21. The first-order chi connectivity index (χ1) is 14.9. The van der Waals surface area contributed by atoms with Gasteiger partial charge in [-0.3, -0.25) is 19.3 Å². The van der Waals surface area contributed by atoms with Gasteiger partial charge in [0.05, 0.1) is 10.6 Å². The van der Waals surface area contributed by atoms with Gasteiger partial charge >= 0.3 is 0 Å². The zero-order valence-electron chi connectivity index (χ0n) is 16.3. The molecule has 0 bridgehead atoms. The van der Waals surface area contributed by atoms with Crippen molar-refractivity contribution >= 4 is 57.6 Å². The zero-order chi connectivity index (χ0) is 22.0. The van der Waals surface area contributed by atoms with Gasteiger partial charge in [-0.15, -0.1) is 11.3 Å². The number of thiophene rings is 1. The van der Waals surface area contributed by atoms with Crippen molar-refractivity contribution in [2.75, 3.05) is 13.1 Å². The Kier molecular flexibility index (Phi) is 6.30. The smallest absolute Gasteiger partial charge is 0.293 e. The highest BCUT2D eigenvalue weighted by molar-refractivity contribution is 8.18. The third-order valence-corrected chi connectivity index (χ3v) is 7.23. The van der Waals surface area contributed by atoms with E-state index in [-0.39, 0.29) is 29.7 Å². The Morgan fingerprint density at radius 2 is 2.00 bits per heavy atom. The van der Waals surface area contributed by atoms with Crippen LogP contribution in [-0.4, -0.2) is 40.0 Å². The van der Waals surface area contributed by atoms with Crippen molar-refractivity contribution in [1.82, 2.24) is 15.2 Å². The molecule has 0 unspecified atom stereocenters. The number of thioether (sulfide) groups is 1. The summed E-state index contributed by atoms with van der Waals surface area (Å²) in [5.41, 5.74) is 2.24. The van der Waals surface area contributed by atoms with E-state index in [1.54, 1.807) is 24.3 Å². The van der Waals surface area contributed by atoms with Gasteiger partial charge in [0.25, 0.3) is 17.1 Å². The summed E-state index contributed by atoms with van der Waals surface area (Å²) in [6.07, 6.45) is 1.55. The lowest BCUT2D eigenvalue weighted by molar-refractivity contribution is -0.122. The minimum Gasteiger partial charge on any atom is -0.349 e. The van der Waals surface area contributed by atoms with Gasteiger partial charge in [-0.1, -0.05) is 12.1 Å². The van der Waals surface area contributed by atoms with E-state index in [0.29, 0.717) is 16.1 Å². The van der Waals surface area contributed by atoms with E-state index >= 15 is 0 Å². The van der Waals surface area contributed by atoms with Crippen molar-refractivity contribution in [2.45, 2.75) is 6.92 Å². The van der Waals surface area contributed by atoms with Crippen LogP contribution >= 0.6 is 34.4 Å². The molecule has 2 aromatic heterocycles. The Morgan fingerprint density at radius 1 is 1.23 bits per heavy atom. The molecule has 1 aromatic carbocycles. The molecular formula is C21H16FN3O3S3. The molecule has 158 valence electrons. The minimum absolute atomic E-state index is 0.0619. The van der Waals surface area contributed by atoms with E-state index in [1.807, 2.05) is 16.8 Å². The number of halogens is 1. The number of thiazole rings is 1. The Balaban J connectivity index is 1.36. The second-order valence-electron chi connectivity index (χ2n) is 6.59. The van der Waals surface area contributed by atoms with Crippen molar-refractivity contribution < 1.29 is 18.8 Å². The number of benzene rings is 1. The van der Waals surface area contributed by atoms with Crippen LogP contribution < -0.4 is 5.32 Å². The van der Waals surface area contributed by atoms with Crippen molar-refractivity contribution in [3.8, 4) is 10.6 Å². The van der Waals surface area contributed by atoms with Gasteiger partial charge in [0, 0.05) is 24.0 Å². The molecule has 3 heterocycles. The molecule has 3 aromatic rings. The number of carbonyl (C=O) groups is 3. The molecule has 4 rings (SSSR count). The van der Waals surface area contributed by atoms with Crippen molar-refractivity contribution in [3.05, 3.63) is 67.9 Å². The van der Waals surface area contributed by atoms with Crippen molar-refractivity contribution in [2.24, 2.45) is 0 Å². The molecule has 1 aliphatic heterocycles. The summed E-state index contributed by atoms with van der Waals surface area (Å²) < 4.78 is 13.0. The third kappa shape index (κ3) is 4.76. The average Bonchev–Trinajstić information content (AvgIpc) is 3.46. The standard InChI is InChI=1S/C21H16FN3O3S3/c1-12-17(31-19(24-12)14-6-9-29-11-14)18(26)23-7-8-25-20(27)16(30-21(25)28)10-13-2-4-15(22)5-3-13/h2-6,9-11H,7-8H2,1H3,(H,23,26)/b16-10-. The second-order valence-corrected chi connectivity index (χ2v) is 9.36. The first-order valence-corrected chi connectivity index (χ1v) is 11.8. The van der Waals surface area contributed by atoms with E-state index in [4.69, 9.17) is 0 Å². The van der Waals surface area contributed by atoms with Crippen LogP contribution in [0.5, 0.6) is 0 Å². The summed E-state index contributed by atoms with van der Waals surface area (Å²) in [4.78, 5) is 43.6. The lowest BCUT2D eigenvalue weighted by atomic mass is 10.2. The van der Waals surface area contributed by atoms with E-state index in [0.717, 1.165) is 27.2 Å². The topological polar surface area (TPSA) is 79.4 Å². The van der Waals surface area contributed by atoms with Crippen LogP contribution in [0.2, 0.25) is 0 Å². The van der Waals surface area contributed by atoms with Crippen LogP contribution in [0.25, 0.3) is 16.6 Å². The quantitative estimate of drug-likeness (QED) is 0.521. The van der Waals surface area contributed by atoms with E-state index in [9.17, 15) is 18.8 Å². The van der Waals surface area contributed by atoms with Gasteiger partial charge in [-0.2, -0.15) is 11.3 Å². The zero-order valence-corrected chi connectivity index (χ0v) is 18.7. The van der Waals surface area contributed by atoms with Gasteiger partial charge in [0.1, 0.15) is 15.7 Å². The van der Waals surface area contributed by atoms with Gasteiger partial charge in [0.15, 0.2) is 0 Å². The number of imide groups is 1. The molecule has 0 saturated carbocycles. The van der Waals surface area contributed by atoms with E-state index < -0.39 is 11.1 Å². The molecule has 31 heavy (non-hydrogen) atoms. The lowest BCUT2D eigenvalue weighted by Crippen LogP contribution is -2.37. The number of hydrogen-bond acceptors (Lipinski definition) is 7. The average molecular weight is 474 g/mol. The number of nitrogens with zero attached hydrogens (tertiary/aromatic N) is 2. The van der Waals surface area contributed by atoms with Gasteiger partial charge in [0.2, 0.25) is 0 Å². The summed E-state index contributed by atoms with van der Waals surface area (Å²) in [7, 11) is 0. The molecule has 1 fully saturated rings. The fourth-order valence-corrected chi connectivity index (χ4v) is 5.44. The summed E-state index contributed by atoms with van der Waals surface area (Å²) in [5, 5.41) is 7.05. The van der Waals surface area contributed by atoms with Gasteiger partial charge in [-0.05, 0) is 53.9 Å². The normalized spacial score (nSPS) is 15.2. The highest BCUT2D eigenvalue weighted by atomic mass is 32.2. The highest BCUT2D eigenvalue weighted by Gasteiger charge is 2.34. The predicted molar refractivity (Wildman–Crippen MR) is 122 cm³/mol. The van der Waals surface area contributed by atoms with Crippen molar-refractivity contribution in [3.63, 3.8) is 0 Å². The number of hydrogen-bond donors (Lipinski definition) is 1. The molecule has 0 atom stereocenters. The fraction of sp³-hybridized carbons (Fsp3) is 0.143. The van der Waals surface area contributed by atoms with Crippen molar-refractivity contribution in [1.29, 1.82) is 0 Å². The van der Waals surface area contributed by atoms with Crippen LogP contribution in [0.3, 0.4) is 0 Å². The molecule has 0 aliphatic carbocycles. The third-order valence-electron chi connectivity index (χ3n) is 4.43. The Morgan fingerprint density at radius 3 is 2.71 bits per heavy atom. The summed E-state index contributed by atoms with van der Waals surface area (Å²) >= 11 is 3.69. The van der Waals surface area contributed by atoms with Crippen LogP contribution in [0, 0.1) is 12.7 Å². The maximum atomic E-state index is 13.0. The van der Waals surface area contributed by atoms with Gasteiger partial charge < -0.3 is 5.32 Å². The monoisotopic (exact) mass is 473 g/mol. The maximum absolute atomic E-state index is 13.0. The Labute approximate surface area is 189 Å². The molecular weight excluding hydrogens is 457 g/mol. The minimum atomic E-state index is -0.428. The van der Waals surface area contributed by atoms with Crippen LogP contribution in [-0.2, 0) is 4.79 Å². The number of nitrogens with one attached hydrogen (secondary N) is 1. The number of aryl methyl sites for hydroxylation is 1. The molecule has 10 heteroatoms. The number of carbonyl (C=O) groups excluding carboxylic acids is 3. The number of aromatic nitrogens is 1. The summed E-state index contributed by atoms with van der Waals surface area (Å²) in [5.74, 6) is -1.09. The van der Waals surface area contributed by atoms with Gasteiger partial charge in [-0.25, -0.2) is 9.37 Å². The largest absolute Gasteiger partial charge is 0.349 e. The van der Waals surface area contributed by atoms with Crippen LogP contribution in [0.1, 0.15) is 20.9 Å². The summed E-state index contributed by atoms with van der Waals surface area (Å²) in [6.45, 7) is 1.97. The molecule has 1 saturated heterocycles. The Hall–Kier alpha value is -2.82. The van der Waals surface area contributed by atoms with Crippen LogP contribution in [0.15, 0.2) is 46.0 Å². The Bertz CT molecular complexity index is 1170. The predicted octanol–water partition coefficient (Wildman–Crippen LogP) is 4.79. The molecule has 0 radical (unpaired) electrons. The van der Waals surface area contributed by atoms with E-state index in [1.165, 1.54) is 35.6 Å². The van der Waals surface area contributed by atoms with Crippen LogP contribution in [0.4, 0.5) is 9.18 Å². The maximum Gasteiger partial charge on any atom is 0.293 e. The molecule has 6 nitrogen and oxygen atoms in total. The highest BCUT2D eigenvalue weighted by Crippen LogP contribution is 2.32. The summed E-state index contributed by atoms with van der Waals surface area (Å²) in [6, 6.07) is 7.59.